The predicted molar refractivity (Wildman–Crippen MR) is 110 cm³/mol. The minimum Gasteiger partial charge on any atom is -0.341 e. The van der Waals surface area contributed by atoms with Crippen molar-refractivity contribution in [3.8, 4) is 0 Å². The summed E-state index contributed by atoms with van der Waals surface area (Å²) in [7, 11) is 0. The molecule has 1 saturated heterocycles. The van der Waals surface area contributed by atoms with Crippen molar-refractivity contribution in [1.29, 1.82) is 0 Å². The summed E-state index contributed by atoms with van der Waals surface area (Å²) in [5.41, 5.74) is 1.98. The zero-order valence-electron chi connectivity index (χ0n) is 14.7. The lowest BCUT2D eigenvalue weighted by Crippen LogP contribution is -2.31. The van der Waals surface area contributed by atoms with Gasteiger partial charge in [-0.05, 0) is 30.5 Å². The molecule has 138 valence electrons. The maximum atomic E-state index is 13.1. The van der Waals surface area contributed by atoms with E-state index in [2.05, 4.69) is 15.5 Å². The van der Waals surface area contributed by atoms with Crippen LogP contribution in [-0.4, -0.2) is 34.1 Å². The highest BCUT2D eigenvalue weighted by molar-refractivity contribution is 8.01. The van der Waals surface area contributed by atoms with Gasteiger partial charge in [-0.3, -0.25) is 4.79 Å². The normalized spacial score (nSPS) is 14.9. The first-order valence-electron chi connectivity index (χ1n) is 8.95. The summed E-state index contributed by atoms with van der Waals surface area (Å²) in [6, 6.07) is 19.8. The summed E-state index contributed by atoms with van der Waals surface area (Å²) in [4.78, 5) is 15.1. The molecule has 1 aliphatic rings. The number of para-hydroxylation sites is 1. The molecule has 0 spiro atoms. The van der Waals surface area contributed by atoms with Gasteiger partial charge in [0.25, 0.3) is 0 Å². The number of nitrogens with zero attached hydrogens (tertiary/aromatic N) is 3. The molecule has 1 aromatic heterocycles. The van der Waals surface area contributed by atoms with Gasteiger partial charge in [0.1, 0.15) is 5.25 Å². The van der Waals surface area contributed by atoms with Crippen LogP contribution in [0.1, 0.15) is 23.7 Å². The fourth-order valence-corrected chi connectivity index (χ4v) is 5.09. The Labute approximate surface area is 166 Å². The highest BCUT2D eigenvalue weighted by Gasteiger charge is 2.29. The number of anilines is 2. The highest BCUT2D eigenvalue weighted by atomic mass is 32.2. The van der Waals surface area contributed by atoms with Gasteiger partial charge in [0, 0.05) is 18.8 Å². The van der Waals surface area contributed by atoms with Crippen molar-refractivity contribution in [1.82, 2.24) is 15.1 Å². The fourth-order valence-electron chi connectivity index (χ4n) is 3.05. The van der Waals surface area contributed by atoms with Crippen LogP contribution in [0.4, 0.5) is 10.8 Å². The Balaban J connectivity index is 1.52. The lowest BCUT2D eigenvalue weighted by molar-refractivity contribution is -0.129. The monoisotopic (exact) mass is 396 g/mol. The lowest BCUT2D eigenvalue weighted by Gasteiger charge is -2.22. The SMILES string of the molecule is O=C([C@H](Sc1nnc(Nc2ccccc2)s1)c1ccccc1)N1CCCC1. The van der Waals surface area contributed by atoms with E-state index in [4.69, 9.17) is 0 Å². The summed E-state index contributed by atoms with van der Waals surface area (Å²) >= 11 is 2.95. The Bertz CT molecular complexity index is 879. The van der Waals surface area contributed by atoms with Gasteiger partial charge < -0.3 is 10.2 Å². The first-order valence-corrected chi connectivity index (χ1v) is 10.7. The molecule has 27 heavy (non-hydrogen) atoms. The molecule has 1 amide bonds. The Kier molecular flexibility index (Phi) is 5.69. The Morgan fingerprint density at radius 3 is 2.37 bits per heavy atom. The highest BCUT2D eigenvalue weighted by Crippen LogP contribution is 2.39. The number of hydrogen-bond acceptors (Lipinski definition) is 6. The second kappa shape index (κ2) is 8.54. The van der Waals surface area contributed by atoms with Crippen LogP contribution < -0.4 is 5.32 Å². The molecule has 1 N–H and O–H groups in total. The number of nitrogens with one attached hydrogen (secondary N) is 1. The number of hydrogen-bond donors (Lipinski definition) is 1. The molecule has 2 heterocycles. The number of amides is 1. The lowest BCUT2D eigenvalue weighted by atomic mass is 10.1. The quantitative estimate of drug-likeness (QED) is 0.610. The molecule has 0 unspecified atom stereocenters. The molecule has 2 aromatic carbocycles. The van der Waals surface area contributed by atoms with Crippen molar-refractivity contribution in [3.63, 3.8) is 0 Å². The summed E-state index contributed by atoms with van der Waals surface area (Å²) in [6.07, 6.45) is 2.17. The second-order valence-corrected chi connectivity index (χ2v) is 8.63. The van der Waals surface area contributed by atoms with Crippen LogP contribution in [0.3, 0.4) is 0 Å². The molecule has 1 aliphatic heterocycles. The van der Waals surface area contributed by atoms with E-state index in [1.807, 2.05) is 65.6 Å². The molecular weight excluding hydrogens is 376 g/mol. The minimum atomic E-state index is -0.290. The van der Waals surface area contributed by atoms with E-state index in [1.165, 1.54) is 23.1 Å². The van der Waals surface area contributed by atoms with E-state index in [-0.39, 0.29) is 11.2 Å². The maximum absolute atomic E-state index is 13.1. The first kappa shape index (κ1) is 18.0. The summed E-state index contributed by atoms with van der Waals surface area (Å²) in [6.45, 7) is 1.69. The molecule has 0 saturated carbocycles. The van der Waals surface area contributed by atoms with Crippen LogP contribution in [0, 0.1) is 0 Å². The number of carbonyl (C=O) groups excluding carboxylic acids is 1. The van der Waals surface area contributed by atoms with Gasteiger partial charge in [-0.25, -0.2) is 0 Å². The molecule has 1 atom stereocenters. The van der Waals surface area contributed by atoms with Crippen LogP contribution >= 0.6 is 23.1 Å². The molecule has 5 nitrogen and oxygen atoms in total. The zero-order valence-corrected chi connectivity index (χ0v) is 16.4. The van der Waals surface area contributed by atoms with Crippen molar-refractivity contribution in [3.05, 3.63) is 66.2 Å². The van der Waals surface area contributed by atoms with Gasteiger partial charge >= 0.3 is 0 Å². The molecule has 7 heteroatoms. The van der Waals surface area contributed by atoms with Crippen LogP contribution in [0.15, 0.2) is 65.0 Å². The van der Waals surface area contributed by atoms with E-state index in [0.717, 1.165) is 46.7 Å². The Morgan fingerprint density at radius 1 is 1.00 bits per heavy atom. The van der Waals surface area contributed by atoms with Gasteiger partial charge in [-0.15, -0.1) is 10.2 Å². The smallest absolute Gasteiger partial charge is 0.240 e. The Hall–Kier alpha value is -2.38. The Morgan fingerprint density at radius 2 is 1.67 bits per heavy atom. The third-order valence-electron chi connectivity index (χ3n) is 4.39. The van der Waals surface area contributed by atoms with Gasteiger partial charge in [0.05, 0.1) is 0 Å². The van der Waals surface area contributed by atoms with E-state index in [1.54, 1.807) is 0 Å². The van der Waals surface area contributed by atoms with Crippen LogP contribution in [-0.2, 0) is 4.79 Å². The fraction of sp³-hybridized carbons (Fsp3) is 0.250. The van der Waals surface area contributed by atoms with Crippen molar-refractivity contribution in [2.75, 3.05) is 18.4 Å². The van der Waals surface area contributed by atoms with Crippen LogP contribution in [0.25, 0.3) is 0 Å². The average molecular weight is 397 g/mol. The molecule has 1 fully saturated rings. The number of carbonyl (C=O) groups is 1. The van der Waals surface area contributed by atoms with Gasteiger partial charge in [0.15, 0.2) is 4.34 Å². The minimum absolute atomic E-state index is 0.163. The third-order valence-corrected chi connectivity index (χ3v) is 6.56. The van der Waals surface area contributed by atoms with E-state index < -0.39 is 0 Å². The summed E-state index contributed by atoms with van der Waals surface area (Å²) < 4.78 is 0.787. The number of likely N-dealkylation sites (tertiary alicyclic amines) is 1. The van der Waals surface area contributed by atoms with E-state index >= 15 is 0 Å². The third kappa shape index (κ3) is 4.48. The molecule has 4 rings (SSSR count). The molecular formula is C20H20N4OS2. The zero-order chi connectivity index (χ0) is 18.5. The molecule has 0 bridgehead atoms. The number of aromatic nitrogens is 2. The number of benzene rings is 2. The number of thioether (sulfide) groups is 1. The molecule has 0 aliphatic carbocycles. The molecule has 0 radical (unpaired) electrons. The van der Waals surface area contributed by atoms with E-state index in [9.17, 15) is 4.79 Å². The summed E-state index contributed by atoms with van der Waals surface area (Å²) in [5.74, 6) is 0.163. The van der Waals surface area contributed by atoms with Crippen molar-refractivity contribution < 1.29 is 4.79 Å². The van der Waals surface area contributed by atoms with Crippen LogP contribution in [0.5, 0.6) is 0 Å². The van der Waals surface area contributed by atoms with Gasteiger partial charge in [0.2, 0.25) is 11.0 Å². The van der Waals surface area contributed by atoms with Crippen molar-refractivity contribution in [2.45, 2.75) is 22.4 Å². The average Bonchev–Trinajstić information content (AvgIpc) is 3.39. The standard InChI is InChI=1S/C20H20N4OS2/c25-18(24-13-7-8-14-24)17(15-9-3-1-4-10-15)26-20-23-22-19(27-20)21-16-11-5-2-6-12-16/h1-6,9-12,17H,7-8,13-14H2,(H,21,22)/t17-/m1/s1. The second-order valence-electron chi connectivity index (χ2n) is 6.31. The van der Waals surface area contributed by atoms with Gasteiger partial charge in [-0.2, -0.15) is 0 Å². The molecule has 3 aromatic rings. The topological polar surface area (TPSA) is 58.1 Å². The van der Waals surface area contributed by atoms with Crippen LogP contribution in [0.2, 0.25) is 0 Å². The number of rotatable bonds is 6. The van der Waals surface area contributed by atoms with E-state index in [0.29, 0.717) is 0 Å². The van der Waals surface area contributed by atoms with Crippen molar-refractivity contribution in [2.24, 2.45) is 0 Å². The summed E-state index contributed by atoms with van der Waals surface area (Å²) in [5, 5.41) is 12.2. The van der Waals surface area contributed by atoms with Gasteiger partial charge in [-0.1, -0.05) is 71.6 Å². The largest absolute Gasteiger partial charge is 0.341 e. The maximum Gasteiger partial charge on any atom is 0.240 e. The van der Waals surface area contributed by atoms with Crippen molar-refractivity contribution >= 4 is 39.8 Å². The first-order chi connectivity index (χ1) is 13.3. The predicted octanol–water partition coefficient (Wildman–Crippen LogP) is 4.74.